The molecule has 0 spiro atoms. The Balaban J connectivity index is 1.96. The van der Waals surface area contributed by atoms with Gasteiger partial charge >= 0.3 is 5.69 Å². The SMILES string of the molecule is O=[N+]([O-])c1cccnc1N1CC[C@H]2CNC[C@H]21. The zero-order chi connectivity index (χ0) is 11.8. The first-order chi connectivity index (χ1) is 8.27. The van der Waals surface area contributed by atoms with Crippen LogP contribution in [0.2, 0.25) is 0 Å². The monoisotopic (exact) mass is 234 g/mol. The van der Waals surface area contributed by atoms with Crippen molar-refractivity contribution in [3.63, 3.8) is 0 Å². The average Bonchev–Trinajstić information content (AvgIpc) is 2.90. The van der Waals surface area contributed by atoms with E-state index in [0.29, 0.717) is 17.8 Å². The van der Waals surface area contributed by atoms with E-state index in [1.807, 2.05) is 0 Å². The Hall–Kier alpha value is -1.69. The fraction of sp³-hybridized carbons (Fsp3) is 0.545. The van der Waals surface area contributed by atoms with E-state index in [2.05, 4.69) is 15.2 Å². The first-order valence-electron chi connectivity index (χ1n) is 5.84. The molecule has 2 aliphatic rings. The minimum Gasteiger partial charge on any atom is -0.346 e. The lowest BCUT2D eigenvalue weighted by Gasteiger charge is -2.23. The molecule has 6 nitrogen and oxygen atoms in total. The van der Waals surface area contributed by atoms with E-state index in [-0.39, 0.29) is 10.6 Å². The summed E-state index contributed by atoms with van der Waals surface area (Å²) in [6, 6.07) is 3.50. The maximum Gasteiger partial charge on any atom is 0.311 e. The maximum atomic E-state index is 11.0. The highest BCUT2D eigenvalue weighted by Gasteiger charge is 2.40. The molecule has 6 heteroatoms. The molecule has 0 bridgehead atoms. The van der Waals surface area contributed by atoms with Gasteiger partial charge in [0.15, 0.2) is 0 Å². The number of nitrogens with one attached hydrogen (secondary N) is 1. The Morgan fingerprint density at radius 3 is 3.24 bits per heavy atom. The van der Waals surface area contributed by atoms with E-state index >= 15 is 0 Å². The van der Waals surface area contributed by atoms with Crippen LogP contribution in [0.1, 0.15) is 6.42 Å². The van der Waals surface area contributed by atoms with Crippen molar-refractivity contribution in [1.29, 1.82) is 0 Å². The number of nitro groups is 1. The highest BCUT2D eigenvalue weighted by Crippen LogP contribution is 2.35. The molecule has 0 aromatic carbocycles. The van der Waals surface area contributed by atoms with E-state index < -0.39 is 0 Å². The lowest BCUT2D eigenvalue weighted by Crippen LogP contribution is -2.35. The largest absolute Gasteiger partial charge is 0.346 e. The van der Waals surface area contributed by atoms with Crippen LogP contribution in [0.4, 0.5) is 11.5 Å². The fourth-order valence-corrected chi connectivity index (χ4v) is 2.86. The summed E-state index contributed by atoms with van der Waals surface area (Å²) in [6.45, 7) is 2.79. The predicted molar refractivity (Wildman–Crippen MR) is 63.0 cm³/mol. The second-order valence-electron chi connectivity index (χ2n) is 4.57. The summed E-state index contributed by atoms with van der Waals surface area (Å²) in [5.74, 6) is 1.13. The fourth-order valence-electron chi connectivity index (χ4n) is 2.86. The molecule has 0 saturated carbocycles. The Morgan fingerprint density at radius 1 is 1.53 bits per heavy atom. The summed E-state index contributed by atoms with van der Waals surface area (Å²) in [5, 5.41) is 14.3. The van der Waals surface area contributed by atoms with Crippen molar-refractivity contribution in [2.75, 3.05) is 24.5 Å². The van der Waals surface area contributed by atoms with Gasteiger partial charge in [-0.2, -0.15) is 0 Å². The van der Waals surface area contributed by atoms with Crippen LogP contribution in [0, 0.1) is 16.0 Å². The third kappa shape index (κ3) is 1.64. The van der Waals surface area contributed by atoms with Gasteiger partial charge in [-0.15, -0.1) is 0 Å². The highest BCUT2D eigenvalue weighted by molar-refractivity contribution is 5.59. The molecule has 0 radical (unpaired) electrons. The van der Waals surface area contributed by atoms with Gasteiger partial charge in [0.2, 0.25) is 5.82 Å². The number of pyridine rings is 1. The molecule has 1 aromatic heterocycles. The van der Waals surface area contributed by atoms with Gasteiger partial charge in [0.25, 0.3) is 0 Å². The summed E-state index contributed by atoms with van der Waals surface area (Å²) >= 11 is 0. The van der Waals surface area contributed by atoms with E-state index in [4.69, 9.17) is 0 Å². The van der Waals surface area contributed by atoms with Crippen LogP contribution >= 0.6 is 0 Å². The van der Waals surface area contributed by atoms with Crippen molar-refractivity contribution in [3.05, 3.63) is 28.4 Å². The van der Waals surface area contributed by atoms with E-state index in [1.54, 1.807) is 12.3 Å². The topological polar surface area (TPSA) is 71.3 Å². The Morgan fingerprint density at radius 2 is 2.41 bits per heavy atom. The normalized spacial score (nSPS) is 27.2. The van der Waals surface area contributed by atoms with E-state index in [1.165, 1.54) is 6.07 Å². The Bertz CT molecular complexity index is 451. The molecule has 2 saturated heterocycles. The van der Waals surface area contributed by atoms with Crippen LogP contribution in [0.15, 0.2) is 18.3 Å². The standard InChI is InChI=1S/C11H14N4O2/c16-15(17)9-2-1-4-13-11(9)14-5-3-8-6-12-7-10(8)14/h1-2,4,8,10,12H,3,5-7H2/t8-,10+/m0/s1. The molecule has 2 fully saturated rings. The van der Waals surface area contributed by atoms with Crippen LogP contribution in [0.25, 0.3) is 0 Å². The number of aromatic nitrogens is 1. The molecule has 3 heterocycles. The summed E-state index contributed by atoms with van der Waals surface area (Å²) in [6.07, 6.45) is 2.71. The Labute approximate surface area is 98.8 Å². The molecular formula is C11H14N4O2. The zero-order valence-electron chi connectivity index (χ0n) is 9.37. The van der Waals surface area contributed by atoms with Gasteiger partial charge in [0, 0.05) is 37.9 Å². The van der Waals surface area contributed by atoms with E-state index in [0.717, 1.165) is 26.1 Å². The smallest absolute Gasteiger partial charge is 0.311 e. The van der Waals surface area contributed by atoms with Crippen molar-refractivity contribution in [1.82, 2.24) is 10.3 Å². The summed E-state index contributed by atoms with van der Waals surface area (Å²) in [4.78, 5) is 16.9. The number of hydrogen-bond acceptors (Lipinski definition) is 5. The first-order valence-corrected chi connectivity index (χ1v) is 5.84. The maximum absolute atomic E-state index is 11.0. The van der Waals surface area contributed by atoms with Crippen LogP contribution in [0.3, 0.4) is 0 Å². The van der Waals surface area contributed by atoms with Gasteiger partial charge in [0.05, 0.1) is 4.92 Å². The molecule has 90 valence electrons. The van der Waals surface area contributed by atoms with Crippen molar-refractivity contribution in [2.24, 2.45) is 5.92 Å². The van der Waals surface area contributed by atoms with Crippen molar-refractivity contribution in [2.45, 2.75) is 12.5 Å². The molecule has 17 heavy (non-hydrogen) atoms. The van der Waals surface area contributed by atoms with E-state index in [9.17, 15) is 10.1 Å². The van der Waals surface area contributed by atoms with Crippen molar-refractivity contribution >= 4 is 11.5 Å². The highest BCUT2D eigenvalue weighted by atomic mass is 16.6. The summed E-state index contributed by atoms with van der Waals surface area (Å²) in [7, 11) is 0. The van der Waals surface area contributed by atoms with Crippen LogP contribution in [-0.2, 0) is 0 Å². The molecule has 0 unspecified atom stereocenters. The minimum atomic E-state index is -0.349. The Kier molecular flexibility index (Phi) is 2.44. The molecule has 2 atom stereocenters. The predicted octanol–water partition coefficient (Wildman–Crippen LogP) is 0.788. The summed E-state index contributed by atoms with van der Waals surface area (Å²) in [5.41, 5.74) is 0.111. The second kappa shape index (κ2) is 3.96. The molecule has 0 amide bonds. The lowest BCUT2D eigenvalue weighted by atomic mass is 10.1. The van der Waals surface area contributed by atoms with Gasteiger partial charge < -0.3 is 10.2 Å². The molecule has 3 rings (SSSR count). The number of nitrogens with zero attached hydrogens (tertiary/aromatic N) is 3. The number of fused-ring (bicyclic) bond motifs is 1. The molecular weight excluding hydrogens is 220 g/mol. The first kappa shape index (κ1) is 10.5. The minimum absolute atomic E-state index is 0.111. The second-order valence-corrected chi connectivity index (χ2v) is 4.57. The number of hydrogen-bond donors (Lipinski definition) is 1. The van der Waals surface area contributed by atoms with Crippen molar-refractivity contribution in [3.8, 4) is 0 Å². The average molecular weight is 234 g/mol. The van der Waals surface area contributed by atoms with Crippen LogP contribution in [0.5, 0.6) is 0 Å². The van der Waals surface area contributed by atoms with Gasteiger partial charge in [-0.1, -0.05) is 0 Å². The molecule has 0 aliphatic carbocycles. The third-order valence-electron chi connectivity index (χ3n) is 3.68. The van der Waals surface area contributed by atoms with Gasteiger partial charge in [-0.05, 0) is 18.4 Å². The van der Waals surface area contributed by atoms with Crippen molar-refractivity contribution < 1.29 is 4.92 Å². The molecule has 1 aromatic rings. The van der Waals surface area contributed by atoms with Crippen LogP contribution in [-0.4, -0.2) is 35.6 Å². The zero-order valence-corrected chi connectivity index (χ0v) is 9.37. The lowest BCUT2D eigenvalue weighted by molar-refractivity contribution is -0.384. The number of anilines is 1. The number of rotatable bonds is 2. The van der Waals surface area contributed by atoms with Gasteiger partial charge in [-0.3, -0.25) is 10.1 Å². The molecule has 1 N–H and O–H groups in total. The third-order valence-corrected chi connectivity index (χ3v) is 3.68. The quantitative estimate of drug-likeness (QED) is 0.605. The summed E-state index contributed by atoms with van der Waals surface area (Å²) < 4.78 is 0. The van der Waals surface area contributed by atoms with Crippen LogP contribution < -0.4 is 10.2 Å². The van der Waals surface area contributed by atoms with Gasteiger partial charge in [-0.25, -0.2) is 4.98 Å². The van der Waals surface area contributed by atoms with Gasteiger partial charge in [0.1, 0.15) is 0 Å². The molecule has 2 aliphatic heterocycles.